The van der Waals surface area contributed by atoms with Crippen LogP contribution in [0.15, 0.2) is 102 Å². The maximum Gasteiger partial charge on any atom is 0.225 e. The Morgan fingerprint density at radius 1 is 0.808 bits per heavy atom. The second kappa shape index (κ2) is 8.67. The lowest BCUT2D eigenvalue weighted by molar-refractivity contribution is 0.473. The van der Waals surface area contributed by atoms with Crippen molar-refractivity contribution in [2.45, 2.75) is 13.8 Å². The summed E-state index contributed by atoms with van der Waals surface area (Å²) in [6, 6.07) is 27.2. The predicted molar refractivity (Wildman–Crippen MR) is 106 cm³/mol. The number of ether oxygens (including phenoxy) is 2. The minimum atomic E-state index is 0.495. The summed E-state index contributed by atoms with van der Waals surface area (Å²) in [7, 11) is 0. The van der Waals surface area contributed by atoms with Crippen LogP contribution in [0.4, 0.5) is 5.69 Å². The van der Waals surface area contributed by atoms with Gasteiger partial charge >= 0.3 is 0 Å². The third-order valence-corrected chi connectivity index (χ3v) is 3.64. The minimum absolute atomic E-state index is 0.495. The molecule has 26 heavy (non-hydrogen) atoms. The summed E-state index contributed by atoms with van der Waals surface area (Å²) >= 11 is 0. The fraction of sp³-hybridized carbons (Fsp3) is 0.0870. The first-order valence-corrected chi connectivity index (χ1v) is 8.48. The molecule has 0 aliphatic carbocycles. The number of rotatable bonds is 5. The van der Waals surface area contributed by atoms with Gasteiger partial charge in [0.2, 0.25) is 5.90 Å². The van der Waals surface area contributed by atoms with E-state index in [-0.39, 0.29) is 0 Å². The van der Waals surface area contributed by atoms with Crippen LogP contribution in [0.25, 0.3) is 0 Å². The average Bonchev–Trinajstić information content (AvgIpc) is 2.67. The number of hydrogen-bond acceptors (Lipinski definition) is 3. The lowest BCUT2D eigenvalue weighted by atomic mass is 10.2. The normalized spacial score (nSPS) is 11.9. The molecule has 3 rings (SSSR count). The van der Waals surface area contributed by atoms with Crippen molar-refractivity contribution < 1.29 is 9.47 Å². The minimum Gasteiger partial charge on any atom is -0.465 e. The molecule has 0 fully saturated rings. The molecular formula is C23H21NO2. The van der Waals surface area contributed by atoms with Gasteiger partial charge in [-0.2, -0.15) is 0 Å². The van der Waals surface area contributed by atoms with Gasteiger partial charge in [-0.1, -0.05) is 48.5 Å². The Morgan fingerprint density at radius 3 is 2.15 bits per heavy atom. The quantitative estimate of drug-likeness (QED) is 0.319. The van der Waals surface area contributed by atoms with Crippen molar-refractivity contribution in [3.63, 3.8) is 0 Å². The number of benzene rings is 3. The molecule has 3 aromatic rings. The molecule has 0 saturated heterocycles. The van der Waals surface area contributed by atoms with Gasteiger partial charge in [0.05, 0.1) is 11.9 Å². The molecule has 0 aliphatic heterocycles. The lowest BCUT2D eigenvalue weighted by Gasteiger charge is -2.10. The summed E-state index contributed by atoms with van der Waals surface area (Å²) in [5, 5.41) is 0. The maximum absolute atomic E-state index is 5.99. The molecule has 0 amide bonds. The summed E-state index contributed by atoms with van der Waals surface area (Å²) in [4.78, 5) is 4.63. The van der Waals surface area contributed by atoms with Crippen molar-refractivity contribution in [3.8, 4) is 11.5 Å². The van der Waals surface area contributed by atoms with Crippen molar-refractivity contribution in [3.05, 3.63) is 102 Å². The molecule has 0 heterocycles. The Bertz CT molecular complexity index is 900. The van der Waals surface area contributed by atoms with E-state index < -0.39 is 0 Å². The molecule has 3 nitrogen and oxygen atoms in total. The van der Waals surface area contributed by atoms with Crippen LogP contribution >= 0.6 is 0 Å². The van der Waals surface area contributed by atoms with Crippen LogP contribution < -0.4 is 9.47 Å². The van der Waals surface area contributed by atoms with Crippen LogP contribution in [-0.2, 0) is 0 Å². The fourth-order valence-corrected chi connectivity index (χ4v) is 2.31. The molecule has 3 heteroatoms. The number of hydrogen-bond donors (Lipinski definition) is 0. The largest absolute Gasteiger partial charge is 0.465 e. The van der Waals surface area contributed by atoms with E-state index in [1.807, 2.05) is 98.8 Å². The Labute approximate surface area is 154 Å². The molecule has 0 aromatic heterocycles. The van der Waals surface area contributed by atoms with Gasteiger partial charge < -0.3 is 9.47 Å². The molecule has 3 aromatic carbocycles. The first-order valence-electron chi connectivity index (χ1n) is 8.48. The van der Waals surface area contributed by atoms with Crippen LogP contribution in [0.3, 0.4) is 0 Å². The fourth-order valence-electron chi connectivity index (χ4n) is 2.31. The maximum atomic E-state index is 5.99. The van der Waals surface area contributed by atoms with Crippen molar-refractivity contribution in [2.75, 3.05) is 0 Å². The number of aliphatic imine (C=N–C) groups is 1. The Hall–Kier alpha value is -3.33. The standard InChI is InChI=1S/C23H21NO2/c1-18-10-9-15-22(16-18)25-17-19(2)23(24-20-11-5-3-6-12-20)26-21-13-7-4-8-14-21/h3-17H,1-2H3/b19-17?,24-23+. The zero-order chi connectivity index (χ0) is 18.2. The Balaban J connectivity index is 1.86. The summed E-state index contributed by atoms with van der Waals surface area (Å²) in [5.41, 5.74) is 2.76. The van der Waals surface area contributed by atoms with Gasteiger partial charge in [0.25, 0.3) is 0 Å². The van der Waals surface area contributed by atoms with Crippen LogP contribution in [0.1, 0.15) is 12.5 Å². The van der Waals surface area contributed by atoms with Crippen molar-refractivity contribution in [1.29, 1.82) is 0 Å². The van der Waals surface area contributed by atoms with Crippen LogP contribution in [0.5, 0.6) is 11.5 Å². The van der Waals surface area contributed by atoms with E-state index in [0.29, 0.717) is 5.90 Å². The van der Waals surface area contributed by atoms with Gasteiger partial charge in [0.1, 0.15) is 11.5 Å². The molecule has 0 unspecified atom stereocenters. The first kappa shape index (κ1) is 17.5. The third-order valence-electron chi connectivity index (χ3n) is 3.64. The van der Waals surface area contributed by atoms with Crippen molar-refractivity contribution >= 4 is 11.6 Å². The second-order valence-corrected chi connectivity index (χ2v) is 5.90. The van der Waals surface area contributed by atoms with Crippen molar-refractivity contribution in [1.82, 2.24) is 0 Å². The Morgan fingerprint density at radius 2 is 1.46 bits per heavy atom. The summed E-state index contributed by atoms with van der Waals surface area (Å²) in [6.45, 7) is 3.95. The van der Waals surface area contributed by atoms with E-state index in [4.69, 9.17) is 9.47 Å². The van der Waals surface area contributed by atoms with Crippen LogP contribution in [-0.4, -0.2) is 5.90 Å². The highest BCUT2D eigenvalue weighted by molar-refractivity contribution is 5.96. The summed E-state index contributed by atoms with van der Waals surface area (Å²) in [6.07, 6.45) is 1.67. The zero-order valence-corrected chi connectivity index (χ0v) is 14.9. The third kappa shape index (κ3) is 5.08. The average molecular weight is 343 g/mol. The molecule has 0 saturated carbocycles. The molecule has 130 valence electrons. The van der Waals surface area contributed by atoms with E-state index in [2.05, 4.69) is 4.99 Å². The first-order chi connectivity index (χ1) is 12.7. The summed E-state index contributed by atoms with van der Waals surface area (Å²) in [5.74, 6) is 2.00. The van der Waals surface area contributed by atoms with E-state index in [1.54, 1.807) is 6.26 Å². The molecular weight excluding hydrogens is 322 g/mol. The highest BCUT2D eigenvalue weighted by Crippen LogP contribution is 2.18. The highest BCUT2D eigenvalue weighted by atomic mass is 16.5. The van der Waals surface area contributed by atoms with E-state index in [0.717, 1.165) is 28.3 Å². The number of nitrogens with zero attached hydrogens (tertiary/aromatic N) is 1. The zero-order valence-electron chi connectivity index (χ0n) is 14.9. The molecule has 0 bridgehead atoms. The topological polar surface area (TPSA) is 30.8 Å². The van der Waals surface area contributed by atoms with Gasteiger partial charge in [-0.25, -0.2) is 4.99 Å². The van der Waals surface area contributed by atoms with Crippen molar-refractivity contribution in [2.24, 2.45) is 4.99 Å². The Kier molecular flexibility index (Phi) is 5.84. The van der Waals surface area contributed by atoms with Crippen LogP contribution in [0.2, 0.25) is 0 Å². The molecule has 0 N–H and O–H groups in total. The van der Waals surface area contributed by atoms with Gasteiger partial charge in [-0.15, -0.1) is 0 Å². The number of aryl methyl sites for hydroxylation is 1. The summed E-state index contributed by atoms with van der Waals surface area (Å²) < 4.78 is 11.8. The van der Waals surface area contributed by atoms with Gasteiger partial charge in [-0.3, -0.25) is 0 Å². The van der Waals surface area contributed by atoms with E-state index in [1.165, 1.54) is 0 Å². The van der Waals surface area contributed by atoms with Gasteiger partial charge in [-0.05, 0) is 55.8 Å². The second-order valence-electron chi connectivity index (χ2n) is 5.90. The molecule has 0 spiro atoms. The van der Waals surface area contributed by atoms with Gasteiger partial charge in [0.15, 0.2) is 0 Å². The number of para-hydroxylation sites is 2. The highest BCUT2D eigenvalue weighted by Gasteiger charge is 2.07. The molecule has 0 radical (unpaired) electrons. The monoisotopic (exact) mass is 343 g/mol. The molecule has 0 atom stereocenters. The predicted octanol–water partition coefficient (Wildman–Crippen LogP) is 6.09. The van der Waals surface area contributed by atoms with Gasteiger partial charge in [0, 0.05) is 5.57 Å². The SMILES string of the molecule is CC(=COc1cccc(C)c1)/C(=N\c1ccccc1)Oc1ccccc1. The van der Waals surface area contributed by atoms with E-state index >= 15 is 0 Å². The van der Waals surface area contributed by atoms with Crippen LogP contribution in [0, 0.1) is 6.92 Å². The lowest BCUT2D eigenvalue weighted by Crippen LogP contribution is -2.10. The molecule has 0 aliphatic rings. The van der Waals surface area contributed by atoms with E-state index in [9.17, 15) is 0 Å². The smallest absolute Gasteiger partial charge is 0.225 e.